The number of hydrogen-bond acceptors (Lipinski definition) is 7. The maximum absolute atomic E-state index is 12.1. The van der Waals surface area contributed by atoms with Gasteiger partial charge in [0.25, 0.3) is 0 Å². The van der Waals surface area contributed by atoms with Crippen LogP contribution in [0.3, 0.4) is 0 Å². The van der Waals surface area contributed by atoms with E-state index in [4.69, 9.17) is 18.6 Å². The zero-order valence-corrected chi connectivity index (χ0v) is 16.8. The van der Waals surface area contributed by atoms with E-state index < -0.39 is 17.6 Å². The molecule has 1 heterocycles. The number of fused-ring (bicyclic) bond motifs is 1. The lowest BCUT2D eigenvalue weighted by atomic mass is 10.1. The third-order valence-electron chi connectivity index (χ3n) is 4.25. The molecule has 0 fully saturated rings. The summed E-state index contributed by atoms with van der Waals surface area (Å²) in [6.45, 7) is 3.64. The minimum atomic E-state index is -0.820. The molecule has 1 aromatic heterocycles. The molecule has 0 aliphatic heterocycles. The van der Waals surface area contributed by atoms with Crippen molar-refractivity contribution in [2.75, 3.05) is 13.2 Å². The molecule has 7 nitrogen and oxygen atoms in total. The summed E-state index contributed by atoms with van der Waals surface area (Å²) in [7, 11) is 0. The molecule has 0 spiro atoms. The number of carbonyl (C=O) groups is 2. The Kier molecular flexibility index (Phi) is 6.85. The highest BCUT2D eigenvalue weighted by atomic mass is 16.6. The van der Waals surface area contributed by atoms with Crippen molar-refractivity contribution in [1.29, 1.82) is 0 Å². The molecule has 0 radical (unpaired) electrons. The Morgan fingerprint density at radius 2 is 1.70 bits per heavy atom. The normalized spacial score (nSPS) is 10.6. The van der Waals surface area contributed by atoms with Gasteiger partial charge < -0.3 is 18.6 Å². The SMILES string of the molecule is CCCc1ccc(OCC(=O)Oc2ccc3cc(C(=O)OCC)c(=O)oc3c2)cc1. The van der Waals surface area contributed by atoms with Crippen LogP contribution in [-0.4, -0.2) is 25.2 Å². The minimum absolute atomic E-state index is 0.149. The average molecular weight is 410 g/mol. The molecule has 0 amide bonds. The number of carbonyl (C=O) groups excluding carboxylic acids is 2. The Morgan fingerprint density at radius 1 is 0.967 bits per heavy atom. The smallest absolute Gasteiger partial charge is 0.351 e. The number of esters is 2. The summed E-state index contributed by atoms with van der Waals surface area (Å²) in [6, 6.07) is 13.4. The van der Waals surface area contributed by atoms with Crippen molar-refractivity contribution in [3.63, 3.8) is 0 Å². The molecular weight excluding hydrogens is 388 g/mol. The van der Waals surface area contributed by atoms with E-state index in [0.717, 1.165) is 12.8 Å². The first-order chi connectivity index (χ1) is 14.5. The molecule has 156 valence electrons. The van der Waals surface area contributed by atoms with Crippen molar-refractivity contribution >= 4 is 22.9 Å². The lowest BCUT2D eigenvalue weighted by Crippen LogP contribution is -2.18. The van der Waals surface area contributed by atoms with Gasteiger partial charge in [0.2, 0.25) is 0 Å². The van der Waals surface area contributed by atoms with E-state index in [1.807, 2.05) is 24.3 Å². The van der Waals surface area contributed by atoms with E-state index >= 15 is 0 Å². The van der Waals surface area contributed by atoms with Gasteiger partial charge in [0, 0.05) is 11.5 Å². The fraction of sp³-hybridized carbons (Fsp3) is 0.261. The van der Waals surface area contributed by atoms with Crippen molar-refractivity contribution in [3.8, 4) is 11.5 Å². The first kappa shape index (κ1) is 21.1. The largest absolute Gasteiger partial charge is 0.482 e. The minimum Gasteiger partial charge on any atom is -0.482 e. The Morgan fingerprint density at radius 3 is 2.40 bits per heavy atom. The predicted molar refractivity (Wildman–Crippen MR) is 110 cm³/mol. The van der Waals surface area contributed by atoms with Gasteiger partial charge in [0.1, 0.15) is 22.6 Å². The van der Waals surface area contributed by atoms with Gasteiger partial charge in [-0.1, -0.05) is 25.5 Å². The Balaban J connectivity index is 1.65. The summed E-state index contributed by atoms with van der Waals surface area (Å²) >= 11 is 0. The second-order valence-electron chi connectivity index (χ2n) is 6.52. The van der Waals surface area contributed by atoms with E-state index in [2.05, 4.69) is 6.92 Å². The quantitative estimate of drug-likeness (QED) is 0.316. The topological polar surface area (TPSA) is 92.0 Å². The van der Waals surface area contributed by atoms with Crippen LogP contribution in [0.2, 0.25) is 0 Å². The number of ether oxygens (including phenoxy) is 3. The third kappa shape index (κ3) is 5.26. The van der Waals surface area contributed by atoms with Crippen LogP contribution in [0.1, 0.15) is 36.2 Å². The molecule has 2 aromatic carbocycles. The van der Waals surface area contributed by atoms with E-state index in [0.29, 0.717) is 11.1 Å². The molecule has 0 bridgehead atoms. The van der Waals surface area contributed by atoms with E-state index in [1.54, 1.807) is 13.0 Å². The highest BCUT2D eigenvalue weighted by Crippen LogP contribution is 2.21. The Hall–Kier alpha value is -3.61. The van der Waals surface area contributed by atoms with E-state index in [-0.39, 0.29) is 30.1 Å². The highest BCUT2D eigenvalue weighted by molar-refractivity contribution is 5.93. The van der Waals surface area contributed by atoms with Crippen LogP contribution in [-0.2, 0) is 16.0 Å². The maximum atomic E-state index is 12.1. The monoisotopic (exact) mass is 410 g/mol. The van der Waals surface area contributed by atoms with Crippen molar-refractivity contribution in [2.24, 2.45) is 0 Å². The average Bonchev–Trinajstić information content (AvgIpc) is 2.73. The van der Waals surface area contributed by atoms with Gasteiger partial charge in [-0.2, -0.15) is 0 Å². The second-order valence-corrected chi connectivity index (χ2v) is 6.52. The first-order valence-electron chi connectivity index (χ1n) is 9.67. The van der Waals surface area contributed by atoms with Crippen LogP contribution in [0.5, 0.6) is 11.5 Å². The summed E-state index contributed by atoms with van der Waals surface area (Å²) in [5.74, 6) is -0.578. The van der Waals surface area contributed by atoms with Crippen LogP contribution < -0.4 is 15.1 Å². The molecule has 30 heavy (non-hydrogen) atoms. The fourth-order valence-electron chi connectivity index (χ4n) is 2.85. The van der Waals surface area contributed by atoms with E-state index in [1.165, 1.54) is 23.8 Å². The lowest BCUT2D eigenvalue weighted by molar-refractivity contribution is -0.136. The zero-order valence-electron chi connectivity index (χ0n) is 16.8. The molecule has 0 saturated heterocycles. The Labute approximate surface area is 173 Å². The number of rotatable bonds is 8. The summed E-state index contributed by atoms with van der Waals surface area (Å²) in [5, 5.41) is 0.501. The van der Waals surface area contributed by atoms with Crippen molar-refractivity contribution in [1.82, 2.24) is 0 Å². The van der Waals surface area contributed by atoms with Crippen LogP contribution in [0, 0.1) is 0 Å². The van der Waals surface area contributed by atoms with Crippen LogP contribution in [0.25, 0.3) is 11.0 Å². The molecule has 0 N–H and O–H groups in total. The van der Waals surface area contributed by atoms with Gasteiger partial charge in [-0.15, -0.1) is 0 Å². The van der Waals surface area contributed by atoms with Gasteiger partial charge in [-0.25, -0.2) is 14.4 Å². The van der Waals surface area contributed by atoms with Crippen LogP contribution in [0.4, 0.5) is 0 Å². The number of benzene rings is 2. The summed E-state index contributed by atoms with van der Waals surface area (Å²) in [5.41, 5.74) is 0.383. The van der Waals surface area contributed by atoms with Crippen molar-refractivity contribution in [3.05, 3.63) is 70.1 Å². The van der Waals surface area contributed by atoms with Gasteiger partial charge in [-0.3, -0.25) is 0 Å². The molecule has 0 aliphatic carbocycles. The fourth-order valence-corrected chi connectivity index (χ4v) is 2.85. The van der Waals surface area contributed by atoms with Crippen LogP contribution >= 0.6 is 0 Å². The first-order valence-corrected chi connectivity index (χ1v) is 9.67. The molecule has 3 aromatic rings. The number of aryl methyl sites for hydroxylation is 1. The molecule has 0 aliphatic rings. The van der Waals surface area contributed by atoms with Crippen molar-refractivity contribution in [2.45, 2.75) is 26.7 Å². The lowest BCUT2D eigenvalue weighted by Gasteiger charge is -2.08. The maximum Gasteiger partial charge on any atom is 0.351 e. The molecule has 0 unspecified atom stereocenters. The van der Waals surface area contributed by atoms with Gasteiger partial charge in [0.05, 0.1) is 6.61 Å². The van der Waals surface area contributed by atoms with Gasteiger partial charge in [-0.05, 0) is 49.2 Å². The highest BCUT2D eigenvalue weighted by Gasteiger charge is 2.15. The second kappa shape index (κ2) is 9.73. The predicted octanol–water partition coefficient (Wildman–Crippen LogP) is 3.91. The zero-order chi connectivity index (χ0) is 21.5. The summed E-state index contributed by atoms with van der Waals surface area (Å²) < 4.78 is 20.7. The van der Waals surface area contributed by atoms with Gasteiger partial charge >= 0.3 is 17.6 Å². The van der Waals surface area contributed by atoms with Crippen LogP contribution in [0.15, 0.2) is 57.7 Å². The Bertz CT molecular complexity index is 1100. The molecule has 0 saturated carbocycles. The standard InChI is InChI=1S/C23H22O7/c1-3-5-15-6-9-17(10-7-15)28-14-21(24)29-18-11-8-16-12-19(22(25)27-4-2)23(26)30-20(16)13-18/h6-13H,3-5,14H2,1-2H3. The van der Waals surface area contributed by atoms with Gasteiger partial charge in [0.15, 0.2) is 6.61 Å². The molecule has 3 rings (SSSR count). The van der Waals surface area contributed by atoms with Crippen molar-refractivity contribution < 1.29 is 28.2 Å². The molecule has 7 heteroatoms. The summed E-state index contributed by atoms with van der Waals surface area (Å²) in [4.78, 5) is 35.9. The van der Waals surface area contributed by atoms with E-state index in [9.17, 15) is 14.4 Å². The summed E-state index contributed by atoms with van der Waals surface area (Å²) in [6.07, 6.45) is 2.05. The molecular formula is C23H22O7. The number of hydrogen-bond donors (Lipinski definition) is 0. The third-order valence-corrected chi connectivity index (χ3v) is 4.25. The molecule has 0 atom stereocenters.